The van der Waals surface area contributed by atoms with Crippen molar-refractivity contribution in [1.29, 1.82) is 0 Å². The van der Waals surface area contributed by atoms with Gasteiger partial charge in [0, 0.05) is 25.4 Å². The van der Waals surface area contributed by atoms with Crippen molar-refractivity contribution in [3.8, 4) is 11.4 Å². The first kappa shape index (κ1) is 17.2. The highest BCUT2D eigenvalue weighted by Crippen LogP contribution is 2.21. The zero-order chi connectivity index (χ0) is 16.8. The largest absolute Gasteiger partial charge is 0.497 e. The summed E-state index contributed by atoms with van der Waals surface area (Å²) in [5, 5.41) is 22.7. The van der Waals surface area contributed by atoms with Gasteiger partial charge >= 0.3 is 0 Å². The maximum atomic E-state index is 10.2. The summed E-state index contributed by atoms with van der Waals surface area (Å²) in [6.07, 6.45) is -0.436. The predicted molar refractivity (Wildman–Crippen MR) is 89.7 cm³/mol. The molecule has 0 amide bonds. The van der Waals surface area contributed by atoms with E-state index < -0.39 is 6.10 Å². The van der Waals surface area contributed by atoms with E-state index in [2.05, 4.69) is 20.4 Å². The molecule has 9 heteroatoms. The van der Waals surface area contributed by atoms with E-state index >= 15 is 0 Å². The molecule has 1 aliphatic heterocycles. The second kappa shape index (κ2) is 8.43. The van der Waals surface area contributed by atoms with Crippen LogP contribution in [0, 0.1) is 0 Å². The Balaban J connectivity index is 1.56. The molecule has 1 saturated heterocycles. The number of tetrazole rings is 1. The molecular formula is C15H21N5O3S. The lowest BCUT2D eigenvalue weighted by Crippen LogP contribution is -2.41. The molecule has 1 aliphatic rings. The van der Waals surface area contributed by atoms with Crippen LogP contribution in [0.2, 0.25) is 0 Å². The lowest BCUT2D eigenvalue weighted by Gasteiger charge is -2.28. The summed E-state index contributed by atoms with van der Waals surface area (Å²) in [6.45, 7) is 3.84. The van der Waals surface area contributed by atoms with Gasteiger partial charge in [0.2, 0.25) is 5.16 Å². The van der Waals surface area contributed by atoms with Gasteiger partial charge in [-0.05, 0) is 34.7 Å². The van der Waals surface area contributed by atoms with Crippen LogP contribution in [0.3, 0.4) is 0 Å². The Labute approximate surface area is 144 Å². The maximum Gasteiger partial charge on any atom is 0.214 e. The Morgan fingerprint density at radius 2 is 2.04 bits per heavy atom. The van der Waals surface area contributed by atoms with Gasteiger partial charge in [0.15, 0.2) is 0 Å². The molecule has 1 aromatic carbocycles. The second-order valence-electron chi connectivity index (χ2n) is 5.45. The first-order valence-corrected chi connectivity index (χ1v) is 8.78. The Morgan fingerprint density at radius 3 is 2.75 bits per heavy atom. The Morgan fingerprint density at radius 1 is 1.29 bits per heavy atom. The SMILES string of the molecule is COc1ccc(-n2nnnc2SC[C@@H](O)CN2CCOCC2)cc1. The van der Waals surface area contributed by atoms with E-state index in [1.54, 1.807) is 11.8 Å². The van der Waals surface area contributed by atoms with Crippen molar-refractivity contribution in [3.63, 3.8) is 0 Å². The monoisotopic (exact) mass is 351 g/mol. The molecule has 0 spiro atoms. The van der Waals surface area contributed by atoms with Crippen molar-refractivity contribution >= 4 is 11.8 Å². The molecule has 0 aliphatic carbocycles. The van der Waals surface area contributed by atoms with Crippen molar-refractivity contribution in [1.82, 2.24) is 25.1 Å². The van der Waals surface area contributed by atoms with Crippen LogP contribution in [-0.4, -0.2) is 82.0 Å². The number of benzene rings is 1. The number of rotatable bonds is 7. The number of hydrogen-bond acceptors (Lipinski definition) is 8. The van der Waals surface area contributed by atoms with Crippen LogP contribution in [0.4, 0.5) is 0 Å². The average molecular weight is 351 g/mol. The third-order valence-electron chi connectivity index (χ3n) is 3.74. The van der Waals surface area contributed by atoms with E-state index in [-0.39, 0.29) is 0 Å². The molecule has 2 aromatic rings. The lowest BCUT2D eigenvalue weighted by atomic mass is 10.3. The summed E-state index contributed by atoms with van der Waals surface area (Å²) in [5.41, 5.74) is 0.853. The van der Waals surface area contributed by atoms with Gasteiger partial charge in [-0.1, -0.05) is 11.8 Å². The summed E-state index contributed by atoms with van der Waals surface area (Å²) < 4.78 is 12.1. The molecule has 2 heterocycles. The van der Waals surface area contributed by atoms with Crippen LogP contribution < -0.4 is 4.74 Å². The molecule has 0 unspecified atom stereocenters. The Hall–Kier alpha value is -1.68. The van der Waals surface area contributed by atoms with Gasteiger partial charge in [-0.15, -0.1) is 5.10 Å². The van der Waals surface area contributed by atoms with Gasteiger partial charge in [0.25, 0.3) is 0 Å². The standard InChI is InChI=1S/C15H21N5O3S/c1-22-14-4-2-12(3-5-14)20-15(16-17-18-20)24-11-13(21)10-19-6-8-23-9-7-19/h2-5,13,21H,6-11H2,1H3/t13-/m0/s1. The molecular weight excluding hydrogens is 330 g/mol. The number of hydrogen-bond donors (Lipinski definition) is 1. The van der Waals surface area contributed by atoms with Crippen molar-refractivity contribution in [3.05, 3.63) is 24.3 Å². The summed E-state index contributed by atoms with van der Waals surface area (Å²) in [6, 6.07) is 7.50. The third-order valence-corrected chi connectivity index (χ3v) is 4.80. The van der Waals surface area contributed by atoms with E-state index in [0.29, 0.717) is 17.5 Å². The van der Waals surface area contributed by atoms with E-state index in [4.69, 9.17) is 9.47 Å². The molecule has 24 heavy (non-hydrogen) atoms. The molecule has 3 rings (SSSR count). The number of aliphatic hydroxyl groups excluding tert-OH is 1. The number of morpholine rings is 1. The smallest absolute Gasteiger partial charge is 0.214 e. The molecule has 1 atom stereocenters. The van der Waals surface area contributed by atoms with Crippen LogP contribution in [0.5, 0.6) is 5.75 Å². The summed E-state index contributed by atoms with van der Waals surface area (Å²) in [7, 11) is 1.63. The highest BCUT2D eigenvalue weighted by Gasteiger charge is 2.17. The maximum absolute atomic E-state index is 10.2. The summed E-state index contributed by atoms with van der Waals surface area (Å²) in [4.78, 5) is 2.21. The average Bonchev–Trinajstić information content (AvgIpc) is 3.09. The normalized spacial score (nSPS) is 16.9. The predicted octanol–water partition coefficient (Wildman–Crippen LogP) is 0.456. The molecule has 0 saturated carbocycles. The molecule has 1 N–H and O–H groups in total. The van der Waals surface area contributed by atoms with Gasteiger partial charge in [-0.3, -0.25) is 4.90 Å². The molecule has 130 valence electrons. The van der Waals surface area contributed by atoms with E-state index in [1.165, 1.54) is 11.8 Å². The first-order chi connectivity index (χ1) is 11.8. The van der Waals surface area contributed by atoms with Crippen LogP contribution in [0.1, 0.15) is 0 Å². The summed E-state index contributed by atoms with van der Waals surface area (Å²) >= 11 is 1.44. The lowest BCUT2D eigenvalue weighted by molar-refractivity contribution is 0.0188. The number of methoxy groups -OCH3 is 1. The number of β-amino-alcohol motifs (C(OH)–C–C–N with tert-alkyl or cyclic N) is 1. The fraction of sp³-hybridized carbons (Fsp3) is 0.533. The van der Waals surface area contributed by atoms with Crippen molar-refractivity contribution in [2.75, 3.05) is 45.7 Å². The van der Waals surface area contributed by atoms with Crippen LogP contribution in [-0.2, 0) is 4.74 Å². The van der Waals surface area contributed by atoms with Gasteiger partial charge in [0.05, 0.1) is 32.1 Å². The van der Waals surface area contributed by atoms with Gasteiger partial charge in [-0.2, -0.15) is 4.68 Å². The minimum Gasteiger partial charge on any atom is -0.497 e. The number of thioether (sulfide) groups is 1. The first-order valence-electron chi connectivity index (χ1n) is 7.80. The fourth-order valence-corrected chi connectivity index (χ4v) is 3.26. The topological polar surface area (TPSA) is 85.5 Å². The number of aliphatic hydroxyl groups is 1. The van der Waals surface area contributed by atoms with Crippen molar-refractivity contribution in [2.24, 2.45) is 0 Å². The number of ether oxygens (including phenoxy) is 2. The highest BCUT2D eigenvalue weighted by molar-refractivity contribution is 7.99. The zero-order valence-electron chi connectivity index (χ0n) is 13.5. The molecule has 0 radical (unpaired) electrons. The molecule has 1 fully saturated rings. The molecule has 0 bridgehead atoms. The second-order valence-corrected chi connectivity index (χ2v) is 6.44. The van der Waals surface area contributed by atoms with Crippen molar-refractivity contribution in [2.45, 2.75) is 11.3 Å². The van der Waals surface area contributed by atoms with E-state index in [0.717, 1.165) is 37.7 Å². The highest BCUT2D eigenvalue weighted by atomic mass is 32.2. The Bertz CT molecular complexity index is 630. The third kappa shape index (κ3) is 4.44. The summed E-state index contributed by atoms with van der Waals surface area (Å²) in [5.74, 6) is 1.32. The van der Waals surface area contributed by atoms with Gasteiger partial charge in [-0.25, -0.2) is 0 Å². The minimum atomic E-state index is -0.436. The quantitative estimate of drug-likeness (QED) is 0.720. The number of nitrogens with zero attached hydrogens (tertiary/aromatic N) is 5. The van der Waals surface area contributed by atoms with E-state index in [9.17, 15) is 5.11 Å². The van der Waals surface area contributed by atoms with Crippen molar-refractivity contribution < 1.29 is 14.6 Å². The van der Waals surface area contributed by atoms with Crippen LogP contribution >= 0.6 is 11.8 Å². The zero-order valence-corrected chi connectivity index (χ0v) is 14.4. The van der Waals surface area contributed by atoms with Gasteiger partial charge in [0.1, 0.15) is 5.75 Å². The molecule has 1 aromatic heterocycles. The Kier molecular flexibility index (Phi) is 6.02. The van der Waals surface area contributed by atoms with Crippen LogP contribution in [0.25, 0.3) is 5.69 Å². The van der Waals surface area contributed by atoms with E-state index in [1.807, 2.05) is 24.3 Å². The minimum absolute atomic E-state index is 0.436. The molecule has 8 nitrogen and oxygen atoms in total. The van der Waals surface area contributed by atoms with Gasteiger partial charge < -0.3 is 14.6 Å². The van der Waals surface area contributed by atoms with Crippen LogP contribution in [0.15, 0.2) is 29.4 Å². The fourth-order valence-electron chi connectivity index (χ4n) is 2.46. The number of aromatic nitrogens is 4.